The molecule has 102 valence electrons. The molecule has 1 aromatic carbocycles. The quantitative estimate of drug-likeness (QED) is 0.933. The van der Waals surface area contributed by atoms with Crippen molar-refractivity contribution in [3.05, 3.63) is 36.0 Å². The summed E-state index contributed by atoms with van der Waals surface area (Å²) in [6, 6.07) is 8.64. The molecule has 1 aliphatic heterocycles. The van der Waals surface area contributed by atoms with Crippen molar-refractivity contribution in [3.63, 3.8) is 0 Å². The van der Waals surface area contributed by atoms with Crippen molar-refractivity contribution in [2.24, 2.45) is 7.05 Å². The van der Waals surface area contributed by atoms with Crippen molar-refractivity contribution in [1.82, 2.24) is 9.88 Å². The Morgan fingerprint density at radius 1 is 1.32 bits per heavy atom. The number of hydrogen-bond donors (Lipinski definition) is 1. The van der Waals surface area contributed by atoms with E-state index >= 15 is 0 Å². The third kappa shape index (κ3) is 3.12. The van der Waals surface area contributed by atoms with Crippen molar-refractivity contribution in [2.75, 3.05) is 23.8 Å². The zero-order valence-corrected chi connectivity index (χ0v) is 12.9. The zero-order valence-electron chi connectivity index (χ0n) is 11.3. The molecule has 2 aromatic rings. The van der Waals surface area contributed by atoms with Crippen LogP contribution in [0.2, 0.25) is 0 Å². The van der Waals surface area contributed by atoms with Crippen LogP contribution < -0.4 is 5.32 Å². The number of fused-ring (bicyclic) bond motifs is 1. The van der Waals surface area contributed by atoms with Gasteiger partial charge in [-0.05, 0) is 11.6 Å². The molecule has 2 nitrogen and oxygen atoms in total. The van der Waals surface area contributed by atoms with Crippen molar-refractivity contribution >= 4 is 34.4 Å². The van der Waals surface area contributed by atoms with Gasteiger partial charge in [-0.2, -0.15) is 23.5 Å². The van der Waals surface area contributed by atoms with E-state index < -0.39 is 0 Å². The number of nitrogens with zero attached hydrogens (tertiary/aromatic N) is 1. The van der Waals surface area contributed by atoms with Gasteiger partial charge in [0.25, 0.3) is 0 Å². The number of para-hydroxylation sites is 1. The highest BCUT2D eigenvalue weighted by atomic mass is 32.2. The fourth-order valence-corrected chi connectivity index (χ4v) is 5.24. The number of benzene rings is 1. The molecule has 2 heterocycles. The van der Waals surface area contributed by atoms with Gasteiger partial charge in [0.15, 0.2) is 0 Å². The third-order valence-corrected chi connectivity index (χ3v) is 6.40. The minimum absolute atomic E-state index is 0.786. The predicted molar refractivity (Wildman–Crippen MR) is 88.2 cm³/mol. The Bertz CT molecular complexity index is 544. The Kier molecular flexibility index (Phi) is 4.41. The van der Waals surface area contributed by atoms with Gasteiger partial charge in [0.1, 0.15) is 0 Å². The van der Waals surface area contributed by atoms with Gasteiger partial charge in [0, 0.05) is 59.7 Å². The Morgan fingerprint density at radius 3 is 3.05 bits per heavy atom. The minimum atomic E-state index is 0.786. The fraction of sp³-hybridized carbons (Fsp3) is 0.467. The van der Waals surface area contributed by atoms with Gasteiger partial charge in [-0.15, -0.1) is 0 Å². The predicted octanol–water partition coefficient (Wildman–Crippen LogP) is 3.12. The van der Waals surface area contributed by atoms with Crippen LogP contribution >= 0.6 is 23.5 Å². The van der Waals surface area contributed by atoms with Gasteiger partial charge in [-0.3, -0.25) is 0 Å². The summed E-state index contributed by atoms with van der Waals surface area (Å²) in [6.45, 7) is 2.10. The Labute approximate surface area is 123 Å². The molecule has 1 atom stereocenters. The number of rotatable bonds is 4. The molecule has 1 aromatic heterocycles. The molecule has 0 spiro atoms. The number of thioether (sulfide) groups is 2. The van der Waals surface area contributed by atoms with Gasteiger partial charge in [0.05, 0.1) is 0 Å². The molecule has 3 rings (SSSR count). The van der Waals surface area contributed by atoms with E-state index in [-0.39, 0.29) is 0 Å². The molecular weight excluding hydrogens is 272 g/mol. The molecule has 1 N–H and O–H groups in total. The summed E-state index contributed by atoms with van der Waals surface area (Å²) >= 11 is 4.21. The van der Waals surface area contributed by atoms with Crippen LogP contribution in [0.25, 0.3) is 10.9 Å². The standard InChI is InChI=1S/C15H20N2S2/c1-17-10-12(14-4-2-3-5-15(14)17)8-16-9-13-11-18-6-7-19-13/h2-5,10,13,16H,6-9,11H2,1H3. The van der Waals surface area contributed by atoms with Crippen LogP contribution in [0.3, 0.4) is 0 Å². The highest BCUT2D eigenvalue weighted by Crippen LogP contribution is 2.24. The highest BCUT2D eigenvalue weighted by molar-refractivity contribution is 8.06. The number of hydrogen-bond acceptors (Lipinski definition) is 3. The van der Waals surface area contributed by atoms with Crippen LogP contribution in [0.1, 0.15) is 5.56 Å². The minimum Gasteiger partial charge on any atom is -0.350 e. The smallest absolute Gasteiger partial charge is 0.0481 e. The molecule has 0 aliphatic carbocycles. The molecule has 0 radical (unpaired) electrons. The SMILES string of the molecule is Cn1cc(CNCC2CSCCS2)c2ccccc21. The molecule has 1 unspecified atom stereocenters. The molecule has 0 amide bonds. The number of nitrogens with one attached hydrogen (secondary N) is 1. The second kappa shape index (κ2) is 6.25. The average molecular weight is 292 g/mol. The van der Waals surface area contributed by atoms with E-state index in [1.165, 1.54) is 33.7 Å². The van der Waals surface area contributed by atoms with E-state index in [1.54, 1.807) is 0 Å². The molecule has 1 saturated heterocycles. The van der Waals surface area contributed by atoms with E-state index in [1.807, 2.05) is 0 Å². The Hall–Kier alpha value is -0.580. The van der Waals surface area contributed by atoms with Crippen LogP contribution in [0.4, 0.5) is 0 Å². The summed E-state index contributed by atoms with van der Waals surface area (Å²) in [4.78, 5) is 0. The molecule has 4 heteroatoms. The highest BCUT2D eigenvalue weighted by Gasteiger charge is 2.14. The van der Waals surface area contributed by atoms with Crippen LogP contribution in [0, 0.1) is 0 Å². The summed E-state index contributed by atoms with van der Waals surface area (Å²) in [6.07, 6.45) is 2.25. The second-order valence-corrected chi connectivity index (χ2v) is 7.54. The lowest BCUT2D eigenvalue weighted by Crippen LogP contribution is -2.28. The molecule has 0 bridgehead atoms. The topological polar surface area (TPSA) is 17.0 Å². The van der Waals surface area contributed by atoms with Crippen LogP contribution in [-0.4, -0.2) is 33.6 Å². The molecule has 1 aliphatic rings. The first-order valence-electron chi connectivity index (χ1n) is 6.77. The first-order chi connectivity index (χ1) is 9.34. The molecule has 1 fully saturated rings. The van der Waals surface area contributed by atoms with E-state index in [0.717, 1.165) is 18.3 Å². The summed E-state index contributed by atoms with van der Waals surface area (Å²) in [7, 11) is 2.12. The fourth-order valence-electron chi connectivity index (χ4n) is 2.59. The van der Waals surface area contributed by atoms with Crippen LogP contribution in [0.15, 0.2) is 30.5 Å². The normalized spacial score (nSPS) is 19.9. The van der Waals surface area contributed by atoms with Crippen molar-refractivity contribution < 1.29 is 0 Å². The van der Waals surface area contributed by atoms with E-state index in [0.29, 0.717) is 0 Å². The summed E-state index contributed by atoms with van der Waals surface area (Å²) in [5.41, 5.74) is 2.73. The average Bonchev–Trinajstić information content (AvgIpc) is 2.78. The largest absolute Gasteiger partial charge is 0.350 e. The third-order valence-electron chi connectivity index (χ3n) is 3.55. The lowest BCUT2D eigenvalue weighted by Gasteiger charge is -2.21. The molecule has 0 saturated carbocycles. The molecule has 19 heavy (non-hydrogen) atoms. The Morgan fingerprint density at radius 2 is 2.21 bits per heavy atom. The van der Waals surface area contributed by atoms with Crippen molar-refractivity contribution in [3.8, 4) is 0 Å². The number of aromatic nitrogens is 1. The summed E-state index contributed by atoms with van der Waals surface area (Å²) in [5, 5.41) is 5.79. The first-order valence-corrected chi connectivity index (χ1v) is 8.98. The van der Waals surface area contributed by atoms with Gasteiger partial charge >= 0.3 is 0 Å². The van der Waals surface area contributed by atoms with Crippen molar-refractivity contribution in [2.45, 2.75) is 11.8 Å². The van der Waals surface area contributed by atoms with Gasteiger partial charge in [-0.25, -0.2) is 0 Å². The maximum Gasteiger partial charge on any atom is 0.0481 e. The Balaban J connectivity index is 1.62. The van der Waals surface area contributed by atoms with E-state index in [2.05, 4.69) is 70.9 Å². The zero-order chi connectivity index (χ0) is 13.1. The van der Waals surface area contributed by atoms with Crippen molar-refractivity contribution in [1.29, 1.82) is 0 Å². The summed E-state index contributed by atoms with van der Waals surface area (Å²) in [5.74, 6) is 3.93. The number of aryl methyl sites for hydroxylation is 1. The maximum atomic E-state index is 3.63. The summed E-state index contributed by atoms with van der Waals surface area (Å²) < 4.78 is 2.22. The van der Waals surface area contributed by atoms with Crippen LogP contribution in [-0.2, 0) is 13.6 Å². The first kappa shape index (κ1) is 13.4. The lowest BCUT2D eigenvalue weighted by molar-refractivity contribution is 0.687. The maximum absolute atomic E-state index is 3.63. The van der Waals surface area contributed by atoms with Gasteiger partial charge in [0.2, 0.25) is 0 Å². The molecular formula is C15H20N2S2. The van der Waals surface area contributed by atoms with Gasteiger partial charge < -0.3 is 9.88 Å². The van der Waals surface area contributed by atoms with E-state index in [9.17, 15) is 0 Å². The van der Waals surface area contributed by atoms with Crippen LogP contribution in [0.5, 0.6) is 0 Å². The lowest BCUT2D eigenvalue weighted by atomic mass is 10.2. The second-order valence-electron chi connectivity index (χ2n) is 4.98. The monoisotopic (exact) mass is 292 g/mol. The van der Waals surface area contributed by atoms with E-state index in [4.69, 9.17) is 0 Å². The van der Waals surface area contributed by atoms with Gasteiger partial charge in [-0.1, -0.05) is 18.2 Å².